The van der Waals surface area contributed by atoms with Crippen LogP contribution in [-0.2, 0) is 0 Å². The molecule has 1 aromatic heterocycles. The number of nitro benzene ring substituents is 1. The number of nitrogens with zero attached hydrogens (tertiary/aromatic N) is 2. The fraction of sp³-hybridized carbons (Fsp3) is 0. The predicted molar refractivity (Wildman–Crippen MR) is 83.0 cm³/mol. The van der Waals surface area contributed by atoms with Gasteiger partial charge in [0.1, 0.15) is 10.8 Å². The molecule has 108 valence electrons. The molecule has 0 aliphatic heterocycles. The number of anilines is 1. The lowest BCUT2D eigenvalue weighted by atomic mass is 10.2. The maximum Gasteiger partial charge on any atom is 0.275 e. The Morgan fingerprint density at radius 1 is 1.29 bits per heavy atom. The number of nitro groups is 1. The standard InChI is InChI=1S/C12H6BrCl2N3O3/c13-7-2-1-6(18(20)21)5-9(7)16-12(19)11-8(14)3-4-10(15)17-11/h1-5H,(H,16,19). The summed E-state index contributed by atoms with van der Waals surface area (Å²) >= 11 is 14.8. The van der Waals surface area contributed by atoms with E-state index in [-0.39, 0.29) is 27.2 Å². The number of carbonyl (C=O) groups is 1. The summed E-state index contributed by atoms with van der Waals surface area (Å²) in [6, 6.07) is 6.88. The molecule has 6 nitrogen and oxygen atoms in total. The molecule has 2 aromatic rings. The highest BCUT2D eigenvalue weighted by atomic mass is 79.9. The van der Waals surface area contributed by atoms with E-state index >= 15 is 0 Å². The van der Waals surface area contributed by atoms with Gasteiger partial charge in [-0.15, -0.1) is 0 Å². The van der Waals surface area contributed by atoms with Gasteiger partial charge in [0.15, 0.2) is 0 Å². The molecule has 1 aromatic carbocycles. The smallest absolute Gasteiger partial charge is 0.275 e. The van der Waals surface area contributed by atoms with Crippen molar-refractivity contribution in [2.75, 3.05) is 5.32 Å². The van der Waals surface area contributed by atoms with E-state index in [9.17, 15) is 14.9 Å². The van der Waals surface area contributed by atoms with Gasteiger partial charge in [-0.05, 0) is 34.1 Å². The minimum Gasteiger partial charge on any atom is -0.319 e. The van der Waals surface area contributed by atoms with Crippen molar-refractivity contribution in [2.24, 2.45) is 0 Å². The number of hydrogen-bond donors (Lipinski definition) is 1. The Hall–Kier alpha value is -1.70. The summed E-state index contributed by atoms with van der Waals surface area (Å²) in [7, 11) is 0. The van der Waals surface area contributed by atoms with Gasteiger partial charge in [-0.1, -0.05) is 23.2 Å². The van der Waals surface area contributed by atoms with E-state index < -0.39 is 10.8 Å². The Balaban J connectivity index is 2.33. The first kappa shape index (κ1) is 15.7. The van der Waals surface area contributed by atoms with E-state index in [2.05, 4.69) is 26.2 Å². The van der Waals surface area contributed by atoms with Gasteiger partial charge in [-0.25, -0.2) is 4.98 Å². The first-order chi connectivity index (χ1) is 9.88. The molecule has 1 N–H and O–H groups in total. The molecule has 0 aliphatic carbocycles. The van der Waals surface area contributed by atoms with Crippen molar-refractivity contribution in [3.8, 4) is 0 Å². The summed E-state index contributed by atoms with van der Waals surface area (Å²) in [4.78, 5) is 26.1. The van der Waals surface area contributed by atoms with Crippen LogP contribution >= 0.6 is 39.1 Å². The van der Waals surface area contributed by atoms with Crippen LogP contribution in [0.25, 0.3) is 0 Å². The number of carbonyl (C=O) groups excluding carboxylic acids is 1. The Bertz CT molecular complexity index is 740. The highest BCUT2D eigenvalue weighted by Crippen LogP contribution is 2.28. The minimum atomic E-state index is -0.622. The Morgan fingerprint density at radius 3 is 2.67 bits per heavy atom. The molecule has 0 aliphatic rings. The van der Waals surface area contributed by atoms with Crippen LogP contribution in [0.1, 0.15) is 10.5 Å². The van der Waals surface area contributed by atoms with Crippen LogP contribution in [0.15, 0.2) is 34.8 Å². The van der Waals surface area contributed by atoms with E-state index in [1.807, 2.05) is 0 Å². The monoisotopic (exact) mass is 389 g/mol. The second kappa shape index (κ2) is 6.38. The number of hydrogen-bond acceptors (Lipinski definition) is 4. The summed E-state index contributed by atoms with van der Waals surface area (Å²) in [5.74, 6) is -0.622. The molecule has 0 saturated heterocycles. The highest BCUT2D eigenvalue weighted by Gasteiger charge is 2.16. The summed E-state index contributed by atoms with van der Waals surface area (Å²) < 4.78 is 0.486. The predicted octanol–water partition coefficient (Wildman–Crippen LogP) is 4.31. The number of halogens is 3. The number of rotatable bonds is 3. The summed E-state index contributed by atoms with van der Waals surface area (Å²) in [5.41, 5.74) is 0.00765. The molecule has 0 spiro atoms. The normalized spacial score (nSPS) is 10.2. The zero-order valence-electron chi connectivity index (χ0n) is 10.1. The number of aromatic nitrogens is 1. The van der Waals surface area contributed by atoms with E-state index in [0.717, 1.165) is 0 Å². The van der Waals surface area contributed by atoms with Crippen LogP contribution in [0.5, 0.6) is 0 Å². The lowest BCUT2D eigenvalue weighted by Gasteiger charge is -2.08. The first-order valence-corrected chi connectivity index (χ1v) is 7.00. The molecular formula is C12H6BrCl2N3O3. The van der Waals surface area contributed by atoms with Gasteiger partial charge in [0.2, 0.25) is 0 Å². The molecule has 1 amide bonds. The van der Waals surface area contributed by atoms with Crippen LogP contribution in [0.2, 0.25) is 10.2 Å². The van der Waals surface area contributed by atoms with Gasteiger partial charge in [0.25, 0.3) is 11.6 Å². The lowest BCUT2D eigenvalue weighted by Crippen LogP contribution is -2.15. The molecule has 9 heteroatoms. The largest absolute Gasteiger partial charge is 0.319 e. The van der Waals surface area contributed by atoms with Crippen LogP contribution in [-0.4, -0.2) is 15.8 Å². The number of non-ortho nitro benzene ring substituents is 1. The van der Waals surface area contributed by atoms with E-state index in [0.29, 0.717) is 4.47 Å². The van der Waals surface area contributed by atoms with Crippen molar-refractivity contribution in [2.45, 2.75) is 0 Å². The van der Waals surface area contributed by atoms with Crippen LogP contribution in [0, 0.1) is 10.1 Å². The fourth-order valence-corrected chi connectivity index (χ4v) is 2.17. The van der Waals surface area contributed by atoms with Crippen molar-refractivity contribution >= 4 is 56.4 Å². The van der Waals surface area contributed by atoms with Crippen molar-refractivity contribution in [3.63, 3.8) is 0 Å². The zero-order chi connectivity index (χ0) is 15.6. The summed E-state index contributed by atoms with van der Waals surface area (Å²) in [6.45, 7) is 0. The number of nitrogens with one attached hydrogen (secondary N) is 1. The van der Waals surface area contributed by atoms with Gasteiger partial charge in [-0.2, -0.15) is 0 Å². The van der Waals surface area contributed by atoms with Crippen LogP contribution < -0.4 is 5.32 Å². The molecule has 0 saturated carbocycles. The van der Waals surface area contributed by atoms with Crippen molar-refractivity contribution in [1.82, 2.24) is 4.98 Å². The Kier molecular flexibility index (Phi) is 4.76. The third kappa shape index (κ3) is 3.69. The van der Waals surface area contributed by atoms with E-state index in [1.165, 1.54) is 30.3 Å². The van der Waals surface area contributed by atoms with Crippen molar-refractivity contribution in [1.29, 1.82) is 0 Å². The molecular weight excluding hydrogens is 385 g/mol. The van der Waals surface area contributed by atoms with Crippen molar-refractivity contribution < 1.29 is 9.72 Å². The summed E-state index contributed by atoms with van der Waals surface area (Å²) in [6.07, 6.45) is 0. The zero-order valence-corrected chi connectivity index (χ0v) is 13.2. The SMILES string of the molecule is O=C(Nc1cc([N+](=O)[O-])ccc1Br)c1nc(Cl)ccc1Cl. The van der Waals surface area contributed by atoms with Gasteiger partial charge >= 0.3 is 0 Å². The third-order valence-corrected chi connectivity index (χ3v) is 3.64. The maximum atomic E-state index is 12.1. The van der Waals surface area contributed by atoms with Gasteiger partial charge in [0, 0.05) is 16.6 Å². The van der Waals surface area contributed by atoms with Gasteiger partial charge < -0.3 is 5.32 Å². The number of benzene rings is 1. The van der Waals surface area contributed by atoms with E-state index in [1.54, 1.807) is 0 Å². The molecule has 1 heterocycles. The molecule has 0 unspecified atom stereocenters. The molecule has 0 bridgehead atoms. The average molecular weight is 391 g/mol. The summed E-state index contributed by atoms with van der Waals surface area (Å²) in [5, 5.41) is 13.5. The Morgan fingerprint density at radius 2 is 2.00 bits per heavy atom. The first-order valence-electron chi connectivity index (χ1n) is 5.46. The number of pyridine rings is 1. The average Bonchev–Trinajstić information content (AvgIpc) is 2.43. The van der Waals surface area contributed by atoms with Crippen molar-refractivity contribution in [3.05, 3.63) is 60.8 Å². The van der Waals surface area contributed by atoms with Crippen LogP contribution in [0.4, 0.5) is 11.4 Å². The Labute approximate surface area is 137 Å². The van der Waals surface area contributed by atoms with Gasteiger partial charge in [-0.3, -0.25) is 14.9 Å². The minimum absolute atomic E-state index is 0.0671. The van der Waals surface area contributed by atoms with Crippen LogP contribution in [0.3, 0.4) is 0 Å². The lowest BCUT2D eigenvalue weighted by molar-refractivity contribution is -0.384. The molecule has 2 rings (SSSR count). The third-order valence-electron chi connectivity index (χ3n) is 2.44. The molecule has 0 atom stereocenters. The quantitative estimate of drug-likeness (QED) is 0.480. The molecule has 21 heavy (non-hydrogen) atoms. The van der Waals surface area contributed by atoms with Gasteiger partial charge in [0.05, 0.1) is 15.6 Å². The second-order valence-corrected chi connectivity index (χ2v) is 5.49. The van der Waals surface area contributed by atoms with E-state index in [4.69, 9.17) is 23.2 Å². The second-order valence-electron chi connectivity index (χ2n) is 3.84. The topological polar surface area (TPSA) is 85.1 Å². The maximum absolute atomic E-state index is 12.1. The molecule has 0 fully saturated rings. The number of amides is 1. The molecule has 0 radical (unpaired) electrons. The fourth-order valence-electron chi connectivity index (χ4n) is 1.48. The highest BCUT2D eigenvalue weighted by molar-refractivity contribution is 9.10.